The van der Waals surface area contributed by atoms with Gasteiger partial charge in [0.1, 0.15) is 12.1 Å². The molecule has 2 aromatic rings. The van der Waals surface area contributed by atoms with Crippen LogP contribution in [0, 0.1) is 0 Å². The summed E-state index contributed by atoms with van der Waals surface area (Å²) in [6.07, 6.45) is 3.56. The molecule has 122 valence electrons. The highest BCUT2D eigenvalue weighted by Crippen LogP contribution is 2.17. The van der Waals surface area contributed by atoms with E-state index >= 15 is 0 Å². The predicted octanol–water partition coefficient (Wildman–Crippen LogP) is 2.45. The van der Waals surface area contributed by atoms with E-state index in [0.29, 0.717) is 13.2 Å². The molecule has 0 amide bonds. The second-order valence-corrected chi connectivity index (χ2v) is 5.94. The van der Waals surface area contributed by atoms with Crippen molar-refractivity contribution in [2.45, 2.75) is 19.4 Å². The molecule has 6 heteroatoms. The summed E-state index contributed by atoms with van der Waals surface area (Å²) in [5.41, 5.74) is 3.50. The Morgan fingerprint density at radius 2 is 1.96 bits per heavy atom. The van der Waals surface area contributed by atoms with Crippen LogP contribution < -0.4 is 10.6 Å². The summed E-state index contributed by atoms with van der Waals surface area (Å²) >= 11 is 5.87. The van der Waals surface area contributed by atoms with Gasteiger partial charge >= 0.3 is 0 Å². The Labute approximate surface area is 141 Å². The molecule has 2 N–H and O–H groups in total. The number of nitrogens with zero attached hydrogens (tertiary/aromatic N) is 2. The molecule has 0 saturated carbocycles. The van der Waals surface area contributed by atoms with Gasteiger partial charge in [0.15, 0.2) is 0 Å². The second kappa shape index (κ2) is 8.24. The van der Waals surface area contributed by atoms with E-state index in [9.17, 15) is 0 Å². The zero-order chi connectivity index (χ0) is 15.9. The molecule has 0 saturated heterocycles. The first-order valence-corrected chi connectivity index (χ1v) is 8.30. The lowest BCUT2D eigenvalue weighted by molar-refractivity contribution is 0.130. The quantitative estimate of drug-likeness (QED) is 0.796. The number of halogens is 1. The fourth-order valence-corrected chi connectivity index (χ4v) is 2.76. The van der Waals surface area contributed by atoms with E-state index in [1.54, 1.807) is 6.33 Å². The molecular formula is C17H21ClN4O. The molecule has 2 heterocycles. The molecule has 3 rings (SSSR count). The van der Waals surface area contributed by atoms with Crippen LogP contribution in [0.1, 0.15) is 16.8 Å². The average Bonchev–Trinajstić information content (AvgIpc) is 2.82. The van der Waals surface area contributed by atoms with E-state index in [1.165, 1.54) is 5.56 Å². The summed E-state index contributed by atoms with van der Waals surface area (Å²) < 4.78 is 5.69. The van der Waals surface area contributed by atoms with Crippen molar-refractivity contribution in [3.8, 4) is 0 Å². The molecular weight excluding hydrogens is 312 g/mol. The maximum atomic E-state index is 5.87. The van der Waals surface area contributed by atoms with Crippen molar-refractivity contribution < 1.29 is 4.74 Å². The molecule has 0 bridgehead atoms. The minimum absolute atomic E-state index is 0.588. The Morgan fingerprint density at radius 1 is 1.13 bits per heavy atom. The predicted molar refractivity (Wildman–Crippen MR) is 91.9 cm³/mol. The molecule has 1 aliphatic heterocycles. The molecule has 0 fully saturated rings. The van der Waals surface area contributed by atoms with Gasteiger partial charge in [-0.25, -0.2) is 9.97 Å². The Kier molecular flexibility index (Phi) is 5.80. The Morgan fingerprint density at radius 3 is 2.83 bits per heavy atom. The Hall–Kier alpha value is -1.69. The van der Waals surface area contributed by atoms with Gasteiger partial charge in [-0.05, 0) is 30.7 Å². The van der Waals surface area contributed by atoms with Crippen molar-refractivity contribution in [3.63, 3.8) is 0 Å². The molecule has 0 atom stereocenters. The summed E-state index contributed by atoms with van der Waals surface area (Å²) in [7, 11) is 0. The lowest BCUT2D eigenvalue weighted by Gasteiger charge is -2.12. The van der Waals surface area contributed by atoms with Gasteiger partial charge in [-0.3, -0.25) is 0 Å². The summed E-state index contributed by atoms with van der Waals surface area (Å²) in [6.45, 7) is 3.89. The molecule has 5 nitrogen and oxygen atoms in total. The highest BCUT2D eigenvalue weighted by Gasteiger charge is 2.13. The normalized spacial score (nSPS) is 14.1. The van der Waals surface area contributed by atoms with E-state index in [1.807, 2.05) is 24.3 Å². The number of hydrogen-bond donors (Lipinski definition) is 2. The Balaban J connectivity index is 1.46. The molecule has 0 radical (unpaired) electrons. The zero-order valence-electron chi connectivity index (χ0n) is 13.0. The highest BCUT2D eigenvalue weighted by atomic mass is 35.5. The fraction of sp³-hybridized carbons (Fsp3) is 0.412. The van der Waals surface area contributed by atoms with Gasteiger partial charge in [0.2, 0.25) is 0 Å². The largest absolute Gasteiger partial charge is 0.375 e. The van der Waals surface area contributed by atoms with Crippen molar-refractivity contribution in [2.24, 2.45) is 0 Å². The van der Waals surface area contributed by atoms with Crippen LogP contribution in [0.2, 0.25) is 5.02 Å². The van der Waals surface area contributed by atoms with E-state index in [0.717, 1.165) is 54.6 Å². The van der Waals surface area contributed by atoms with E-state index < -0.39 is 0 Å². The van der Waals surface area contributed by atoms with Crippen LogP contribution in [0.3, 0.4) is 0 Å². The van der Waals surface area contributed by atoms with Crippen LogP contribution in [-0.2, 0) is 24.2 Å². The first kappa shape index (κ1) is 16.2. The number of anilines is 1. The minimum Gasteiger partial charge on any atom is -0.375 e. The maximum absolute atomic E-state index is 5.87. The van der Waals surface area contributed by atoms with Crippen molar-refractivity contribution in [1.82, 2.24) is 15.3 Å². The Bertz CT molecular complexity index is 633. The molecule has 0 spiro atoms. The van der Waals surface area contributed by atoms with Gasteiger partial charge in [0.25, 0.3) is 0 Å². The van der Waals surface area contributed by atoms with Crippen molar-refractivity contribution in [3.05, 3.63) is 52.4 Å². The molecule has 0 aliphatic carbocycles. The number of fused-ring (bicyclic) bond motifs is 1. The molecule has 1 aliphatic rings. The topological polar surface area (TPSA) is 59.1 Å². The zero-order valence-corrected chi connectivity index (χ0v) is 13.8. The van der Waals surface area contributed by atoms with Crippen molar-refractivity contribution >= 4 is 17.4 Å². The first-order chi connectivity index (χ1) is 11.3. The second-order valence-electron chi connectivity index (χ2n) is 5.50. The van der Waals surface area contributed by atoms with Gasteiger partial charge in [0.05, 0.1) is 18.9 Å². The summed E-state index contributed by atoms with van der Waals surface area (Å²) in [4.78, 5) is 8.78. The van der Waals surface area contributed by atoms with Crippen LogP contribution in [-0.4, -0.2) is 36.2 Å². The van der Waals surface area contributed by atoms with Crippen LogP contribution in [0.5, 0.6) is 0 Å². The number of aromatic nitrogens is 2. The van der Waals surface area contributed by atoms with Crippen molar-refractivity contribution in [1.29, 1.82) is 0 Å². The highest BCUT2D eigenvalue weighted by molar-refractivity contribution is 6.30. The number of ether oxygens (including phenoxy) is 1. The fourth-order valence-electron chi connectivity index (χ4n) is 2.64. The molecule has 1 aromatic carbocycles. The van der Waals surface area contributed by atoms with Crippen LogP contribution in [0.25, 0.3) is 0 Å². The van der Waals surface area contributed by atoms with E-state index in [-0.39, 0.29) is 0 Å². The summed E-state index contributed by atoms with van der Waals surface area (Å²) in [5.74, 6) is 0.939. The number of rotatable bonds is 6. The summed E-state index contributed by atoms with van der Waals surface area (Å²) in [6, 6.07) is 7.71. The number of benzene rings is 1. The molecule has 23 heavy (non-hydrogen) atoms. The van der Waals surface area contributed by atoms with Gasteiger partial charge in [-0.1, -0.05) is 23.7 Å². The maximum Gasteiger partial charge on any atom is 0.132 e. The van der Waals surface area contributed by atoms with Crippen molar-refractivity contribution in [2.75, 3.05) is 31.6 Å². The minimum atomic E-state index is 0.588. The van der Waals surface area contributed by atoms with Crippen LogP contribution in [0.15, 0.2) is 30.6 Å². The molecule has 0 unspecified atom stereocenters. The van der Waals surface area contributed by atoms with E-state index in [2.05, 4.69) is 20.6 Å². The van der Waals surface area contributed by atoms with Crippen LogP contribution >= 0.6 is 11.6 Å². The third-order valence-electron chi connectivity index (χ3n) is 3.85. The lowest BCUT2D eigenvalue weighted by Crippen LogP contribution is -2.16. The van der Waals surface area contributed by atoms with Gasteiger partial charge < -0.3 is 15.4 Å². The average molecular weight is 333 g/mol. The van der Waals surface area contributed by atoms with Gasteiger partial charge in [-0.15, -0.1) is 0 Å². The molecule has 1 aromatic heterocycles. The van der Waals surface area contributed by atoms with E-state index in [4.69, 9.17) is 16.3 Å². The third kappa shape index (κ3) is 4.64. The van der Waals surface area contributed by atoms with Gasteiger partial charge in [-0.2, -0.15) is 0 Å². The lowest BCUT2D eigenvalue weighted by atomic mass is 10.1. The SMILES string of the molecule is Clc1ccc(COCCNc2ncnc3c2CCNCC3)cc1. The smallest absolute Gasteiger partial charge is 0.132 e. The summed E-state index contributed by atoms with van der Waals surface area (Å²) in [5, 5.41) is 7.51. The third-order valence-corrected chi connectivity index (χ3v) is 4.10. The van der Waals surface area contributed by atoms with Crippen LogP contribution in [0.4, 0.5) is 5.82 Å². The van der Waals surface area contributed by atoms with Gasteiger partial charge in [0, 0.05) is 30.1 Å². The standard InChI is InChI=1S/C17H21ClN4O/c18-14-3-1-13(2-4-14)11-23-10-9-20-17-15-5-7-19-8-6-16(15)21-12-22-17/h1-4,12,19H,5-11H2,(H,20,21,22). The number of hydrogen-bond acceptors (Lipinski definition) is 5. The number of nitrogens with one attached hydrogen (secondary N) is 2. The monoisotopic (exact) mass is 332 g/mol. The first-order valence-electron chi connectivity index (χ1n) is 7.92.